The highest BCUT2D eigenvalue weighted by atomic mass is 19.3. The van der Waals surface area contributed by atoms with E-state index >= 15 is 0 Å². The number of nitrogens with zero attached hydrogens (tertiary/aromatic N) is 3. The van der Waals surface area contributed by atoms with Crippen LogP contribution < -0.4 is 11.1 Å². The minimum absolute atomic E-state index is 0.132. The molecule has 2 aromatic heterocycles. The Kier molecular flexibility index (Phi) is 5.69. The lowest BCUT2D eigenvalue weighted by Gasteiger charge is -2.28. The van der Waals surface area contributed by atoms with E-state index in [-0.39, 0.29) is 17.3 Å². The van der Waals surface area contributed by atoms with Crippen molar-refractivity contribution in [2.45, 2.75) is 51.2 Å². The van der Waals surface area contributed by atoms with Crippen molar-refractivity contribution >= 4 is 17.4 Å². The van der Waals surface area contributed by atoms with Gasteiger partial charge < -0.3 is 16.2 Å². The number of carbonyl (C=O) groups excluding carboxylic acids is 1. The summed E-state index contributed by atoms with van der Waals surface area (Å²) in [5.74, 6) is 0.137. The van der Waals surface area contributed by atoms with Crippen LogP contribution in [0.15, 0.2) is 24.5 Å². The zero-order chi connectivity index (χ0) is 19.6. The number of hydrogen-bond donors (Lipinski definition) is 3. The molecular weight excluding hydrogens is 356 g/mol. The number of alkyl halides is 2. The van der Waals surface area contributed by atoms with E-state index in [1.807, 2.05) is 0 Å². The molecule has 2 heterocycles. The number of aromatic nitrogens is 3. The van der Waals surface area contributed by atoms with Crippen LogP contribution in [0.25, 0.3) is 0 Å². The molecule has 0 bridgehead atoms. The highest BCUT2D eigenvalue weighted by molar-refractivity contribution is 5.98. The lowest BCUT2D eigenvalue weighted by Crippen LogP contribution is -2.21. The van der Waals surface area contributed by atoms with Crippen molar-refractivity contribution in [3.05, 3.63) is 35.8 Å². The number of pyridine rings is 1. The largest absolute Gasteiger partial charge is 0.381 e. The molecule has 146 valence electrons. The third-order valence-electron chi connectivity index (χ3n) is 4.99. The molecule has 0 aliphatic heterocycles. The summed E-state index contributed by atoms with van der Waals surface area (Å²) >= 11 is 0. The van der Waals surface area contributed by atoms with Gasteiger partial charge >= 0.3 is 0 Å². The fraction of sp³-hybridized carbons (Fsp3) is 0.500. The third-order valence-corrected chi connectivity index (χ3v) is 4.99. The number of aliphatic hydroxyl groups is 1. The normalized spacial score (nSPS) is 21.2. The van der Waals surface area contributed by atoms with Crippen LogP contribution in [0.5, 0.6) is 0 Å². The summed E-state index contributed by atoms with van der Waals surface area (Å²) in [5.41, 5.74) is 6.05. The van der Waals surface area contributed by atoms with Crippen molar-refractivity contribution < 1.29 is 18.7 Å². The standard InChI is InChI=1S/C18H23F2N5O2/c1-10-4-2-3-5-14(10)25-9-12(17(21)27)18(24-25)23-11-6-7-13(22-8-11)15(26)16(19)20/h6-10,14-16,26H,2-5H2,1H3,(H2,21,27)(H,23,24)/t10-,14-,15+/m0/s1. The van der Waals surface area contributed by atoms with Gasteiger partial charge in [-0.05, 0) is 30.9 Å². The molecule has 9 heteroatoms. The predicted molar refractivity (Wildman–Crippen MR) is 95.9 cm³/mol. The van der Waals surface area contributed by atoms with Crippen molar-refractivity contribution in [2.24, 2.45) is 11.7 Å². The molecule has 7 nitrogen and oxygen atoms in total. The Bertz CT molecular complexity index is 794. The number of halogens is 2. The minimum atomic E-state index is -2.91. The van der Waals surface area contributed by atoms with E-state index in [4.69, 9.17) is 5.73 Å². The highest BCUT2D eigenvalue weighted by Crippen LogP contribution is 2.34. The summed E-state index contributed by atoms with van der Waals surface area (Å²) in [5, 5.41) is 16.8. The lowest BCUT2D eigenvalue weighted by atomic mass is 9.86. The van der Waals surface area contributed by atoms with Crippen LogP contribution in [0, 0.1) is 5.92 Å². The van der Waals surface area contributed by atoms with Crippen molar-refractivity contribution in [1.82, 2.24) is 14.8 Å². The van der Waals surface area contributed by atoms with Crippen LogP contribution in [0.2, 0.25) is 0 Å². The van der Waals surface area contributed by atoms with E-state index in [1.54, 1.807) is 10.9 Å². The molecule has 3 rings (SSSR count). The van der Waals surface area contributed by atoms with Crippen molar-refractivity contribution in [3.8, 4) is 0 Å². The van der Waals surface area contributed by atoms with Gasteiger partial charge in [0.15, 0.2) is 11.9 Å². The average molecular weight is 379 g/mol. The molecule has 1 fully saturated rings. The number of rotatable bonds is 6. The number of nitrogens with two attached hydrogens (primary N) is 1. The smallest absolute Gasteiger partial charge is 0.269 e. The molecule has 2 aromatic rings. The Hall–Kier alpha value is -2.55. The molecule has 0 saturated heterocycles. The highest BCUT2D eigenvalue weighted by Gasteiger charge is 2.26. The molecule has 0 unspecified atom stereocenters. The molecule has 1 aliphatic carbocycles. The van der Waals surface area contributed by atoms with Crippen molar-refractivity contribution in [1.29, 1.82) is 0 Å². The maximum atomic E-state index is 12.5. The van der Waals surface area contributed by atoms with Crippen LogP contribution in [0.3, 0.4) is 0 Å². The predicted octanol–water partition coefficient (Wildman–Crippen LogP) is 3.17. The molecule has 1 amide bonds. The third kappa shape index (κ3) is 4.24. The van der Waals surface area contributed by atoms with Gasteiger partial charge in [-0.15, -0.1) is 0 Å². The van der Waals surface area contributed by atoms with Gasteiger partial charge in [-0.3, -0.25) is 14.5 Å². The van der Waals surface area contributed by atoms with E-state index in [1.165, 1.54) is 24.8 Å². The SMILES string of the molecule is C[C@H]1CCCC[C@@H]1n1cc(C(N)=O)c(Nc2ccc([C@@H](O)C(F)F)nc2)n1. The summed E-state index contributed by atoms with van der Waals surface area (Å²) in [6.45, 7) is 2.17. The van der Waals surface area contributed by atoms with Gasteiger partial charge in [-0.1, -0.05) is 19.8 Å². The summed E-state index contributed by atoms with van der Waals surface area (Å²) < 4.78 is 26.9. The fourth-order valence-electron chi connectivity index (χ4n) is 3.44. The summed E-state index contributed by atoms with van der Waals surface area (Å²) in [4.78, 5) is 15.6. The molecule has 3 atom stereocenters. The van der Waals surface area contributed by atoms with Gasteiger partial charge in [0.2, 0.25) is 0 Å². The first-order chi connectivity index (χ1) is 12.9. The average Bonchev–Trinajstić information content (AvgIpc) is 3.06. The van der Waals surface area contributed by atoms with E-state index in [0.717, 1.165) is 19.3 Å². The van der Waals surface area contributed by atoms with Crippen LogP contribution >= 0.6 is 0 Å². The zero-order valence-corrected chi connectivity index (χ0v) is 15.0. The van der Waals surface area contributed by atoms with Gasteiger partial charge in [-0.25, -0.2) is 8.78 Å². The second-order valence-corrected chi connectivity index (χ2v) is 6.94. The maximum Gasteiger partial charge on any atom is 0.269 e. The number of nitrogens with one attached hydrogen (secondary N) is 1. The first-order valence-corrected chi connectivity index (χ1v) is 8.95. The summed E-state index contributed by atoms with van der Waals surface area (Å²) in [7, 11) is 0. The first-order valence-electron chi connectivity index (χ1n) is 8.95. The second kappa shape index (κ2) is 7.99. The van der Waals surface area contributed by atoms with E-state index in [0.29, 0.717) is 17.4 Å². The molecule has 0 radical (unpaired) electrons. The van der Waals surface area contributed by atoms with Crippen molar-refractivity contribution in [3.63, 3.8) is 0 Å². The number of hydrogen-bond acceptors (Lipinski definition) is 5. The van der Waals surface area contributed by atoms with E-state index in [9.17, 15) is 18.7 Å². The first kappa shape index (κ1) is 19.2. The second-order valence-electron chi connectivity index (χ2n) is 6.94. The van der Waals surface area contributed by atoms with Gasteiger partial charge in [0, 0.05) is 6.20 Å². The van der Waals surface area contributed by atoms with Crippen LogP contribution in [-0.2, 0) is 0 Å². The minimum Gasteiger partial charge on any atom is -0.381 e. The Labute approximate surface area is 155 Å². The van der Waals surface area contributed by atoms with E-state index in [2.05, 4.69) is 22.3 Å². The molecule has 4 N–H and O–H groups in total. The van der Waals surface area contributed by atoms with Crippen LogP contribution in [0.1, 0.15) is 60.8 Å². The molecule has 1 saturated carbocycles. The van der Waals surface area contributed by atoms with Gasteiger partial charge in [-0.2, -0.15) is 5.10 Å². The quantitative estimate of drug-likeness (QED) is 0.715. The molecular formula is C18H23F2N5O2. The number of carbonyl (C=O) groups is 1. The monoisotopic (exact) mass is 379 g/mol. The Morgan fingerprint density at radius 2 is 2.11 bits per heavy atom. The molecule has 1 aliphatic rings. The van der Waals surface area contributed by atoms with Crippen LogP contribution in [0.4, 0.5) is 20.3 Å². The lowest BCUT2D eigenvalue weighted by molar-refractivity contribution is -0.00819. The summed E-state index contributed by atoms with van der Waals surface area (Å²) in [6, 6.07) is 2.98. The number of anilines is 2. The summed E-state index contributed by atoms with van der Waals surface area (Å²) in [6.07, 6.45) is 2.50. The number of aliphatic hydroxyl groups excluding tert-OH is 1. The number of amides is 1. The Balaban J connectivity index is 1.82. The maximum absolute atomic E-state index is 12.5. The van der Waals surface area contributed by atoms with Gasteiger partial charge in [0.05, 0.1) is 23.6 Å². The van der Waals surface area contributed by atoms with E-state index < -0.39 is 18.4 Å². The molecule has 27 heavy (non-hydrogen) atoms. The topological polar surface area (TPSA) is 106 Å². The fourth-order valence-corrected chi connectivity index (χ4v) is 3.44. The zero-order valence-electron chi connectivity index (χ0n) is 15.0. The van der Waals surface area contributed by atoms with Gasteiger partial charge in [0.1, 0.15) is 5.56 Å². The Morgan fingerprint density at radius 1 is 1.37 bits per heavy atom. The molecule has 0 aromatic carbocycles. The number of primary amides is 1. The van der Waals surface area contributed by atoms with Crippen LogP contribution in [-0.4, -0.2) is 32.2 Å². The molecule has 0 spiro atoms. The Morgan fingerprint density at radius 3 is 2.70 bits per heavy atom. The van der Waals surface area contributed by atoms with Crippen molar-refractivity contribution in [2.75, 3.05) is 5.32 Å². The van der Waals surface area contributed by atoms with Gasteiger partial charge in [0.25, 0.3) is 12.3 Å².